The number of unbranched alkanes of at least 4 members (excludes halogenated alkanes) is 2. The van der Waals surface area contributed by atoms with E-state index in [4.69, 9.17) is 32.4 Å². The van der Waals surface area contributed by atoms with Crippen LogP contribution in [0.15, 0.2) is 42.5 Å². The quantitative estimate of drug-likeness (QED) is 0.169. The molecule has 3 rings (SSSR count). The van der Waals surface area contributed by atoms with Crippen LogP contribution < -0.4 is 10.1 Å². The topological polar surface area (TPSA) is 97.7 Å². The van der Waals surface area contributed by atoms with Crippen molar-refractivity contribution in [3.8, 4) is 23.7 Å². The van der Waals surface area contributed by atoms with Gasteiger partial charge in [0, 0.05) is 48.9 Å². The van der Waals surface area contributed by atoms with Gasteiger partial charge in [0.05, 0.1) is 10.6 Å². The lowest BCUT2D eigenvalue weighted by Gasteiger charge is -2.63. The summed E-state index contributed by atoms with van der Waals surface area (Å²) < 4.78 is 25.7. The van der Waals surface area contributed by atoms with E-state index < -0.39 is 23.0 Å². The Balaban J connectivity index is 1.46. The monoisotopic (exact) mass is 607 g/mol. The molecule has 0 aromatic heterocycles. The molecule has 1 saturated carbocycles. The minimum Gasteiger partial charge on any atom is -0.489 e. The zero-order chi connectivity index (χ0) is 32.7. The number of amides is 1. The zero-order valence-electron chi connectivity index (χ0n) is 27.2. The van der Waals surface area contributed by atoms with Gasteiger partial charge in [-0.3, -0.25) is 4.79 Å². The molecule has 1 aliphatic rings. The highest BCUT2D eigenvalue weighted by atomic mass is 35.5. The average molecular weight is 608 g/mol. The summed E-state index contributed by atoms with van der Waals surface area (Å²) >= 11 is 6.19. The van der Waals surface area contributed by atoms with Crippen LogP contribution in [0, 0.1) is 39.9 Å². The van der Waals surface area contributed by atoms with Crippen LogP contribution in [0.5, 0.6) is 5.75 Å². The summed E-state index contributed by atoms with van der Waals surface area (Å²) in [5, 5.41) is 12.3. The number of carbonyl (C=O) groups excluding carboxylic acids is 2. The number of carbonyl (C=O) groups is 2. The number of rotatable bonds is 11. The first-order chi connectivity index (χ1) is 20.6. The van der Waals surface area contributed by atoms with Crippen molar-refractivity contribution in [3.05, 3.63) is 64.2 Å². The highest BCUT2D eigenvalue weighted by molar-refractivity contribution is 6.31. The summed E-state index contributed by atoms with van der Waals surface area (Å²) in [4.78, 5) is 24.7. The third-order valence-electron chi connectivity index (χ3n) is 7.51. The van der Waals surface area contributed by atoms with Crippen LogP contribution in [-0.4, -0.2) is 43.3 Å². The molecule has 2 aromatic rings. The van der Waals surface area contributed by atoms with Gasteiger partial charge in [0.15, 0.2) is 0 Å². The van der Waals surface area contributed by atoms with Crippen LogP contribution in [0.3, 0.4) is 0 Å². The van der Waals surface area contributed by atoms with Crippen LogP contribution in [0.4, 0.5) is 0 Å². The molecular weight excluding hydrogens is 564 g/mol. The Bertz CT molecular complexity index is 1410. The number of nitrogens with zero attached hydrogens (tertiary/aromatic N) is 1. The normalized spacial score (nSPS) is 19.4. The van der Waals surface area contributed by atoms with E-state index in [9.17, 15) is 9.59 Å². The molecule has 0 aliphatic heterocycles. The van der Waals surface area contributed by atoms with E-state index in [-0.39, 0.29) is 30.5 Å². The maximum Gasteiger partial charge on any atom is 0.332 e. The summed E-state index contributed by atoms with van der Waals surface area (Å²) in [5.74, 6) is 5.95. The molecule has 0 saturated heterocycles. The molecule has 0 radical (unpaired) electrons. The van der Waals surface area contributed by atoms with Crippen LogP contribution in [0.1, 0.15) is 90.6 Å². The smallest absolute Gasteiger partial charge is 0.332 e. The predicted octanol–water partition coefficient (Wildman–Crippen LogP) is 6.95. The van der Waals surface area contributed by atoms with Crippen LogP contribution >= 0.6 is 11.6 Å². The van der Waals surface area contributed by atoms with Crippen molar-refractivity contribution in [2.45, 2.75) is 79.4 Å². The molecule has 0 bridgehead atoms. The molecule has 1 unspecified atom stereocenters. The lowest BCUT2D eigenvalue weighted by atomic mass is 9.45. The van der Waals surface area contributed by atoms with E-state index >= 15 is 0 Å². The van der Waals surface area contributed by atoms with Gasteiger partial charge in [0.1, 0.15) is 30.1 Å². The summed E-state index contributed by atoms with van der Waals surface area (Å²) in [6.45, 7) is 13.2. The third-order valence-corrected chi connectivity index (χ3v) is 7.82. The van der Waals surface area contributed by atoms with Crippen molar-refractivity contribution >= 4 is 23.5 Å². The fraction of sp³-hybridized carbons (Fsp3) is 0.514. The van der Waals surface area contributed by atoms with Crippen LogP contribution in [-0.2, 0) is 14.3 Å². The Morgan fingerprint density at radius 2 is 1.74 bits per heavy atom. The largest absolute Gasteiger partial charge is 0.489 e. The van der Waals surface area contributed by atoms with Crippen molar-refractivity contribution in [1.82, 2.24) is 5.32 Å². The molecule has 1 atom stereocenters. The summed E-state index contributed by atoms with van der Waals surface area (Å²) in [6.07, 6.45) is 2.09. The molecule has 1 amide bonds. The third kappa shape index (κ3) is 9.23. The molecule has 0 spiro atoms. The van der Waals surface area contributed by atoms with E-state index in [2.05, 4.69) is 17.2 Å². The number of hydrogen-bond donors (Lipinski definition) is 1. The van der Waals surface area contributed by atoms with Gasteiger partial charge in [-0.2, -0.15) is 5.26 Å². The lowest BCUT2D eigenvalue weighted by Crippen LogP contribution is -2.68. The number of ether oxygens (including phenoxy) is 3. The van der Waals surface area contributed by atoms with Gasteiger partial charge in [-0.05, 0) is 75.9 Å². The van der Waals surface area contributed by atoms with Crippen molar-refractivity contribution < 1.29 is 25.2 Å². The minimum absolute atomic E-state index is 0.0510. The Morgan fingerprint density at radius 1 is 1.07 bits per heavy atom. The van der Waals surface area contributed by atoms with Crippen molar-refractivity contribution in [2.24, 2.45) is 16.7 Å². The second kappa shape index (κ2) is 14.3. The van der Waals surface area contributed by atoms with Gasteiger partial charge in [-0.25, -0.2) is 4.79 Å². The predicted molar refractivity (Wildman–Crippen MR) is 168 cm³/mol. The van der Waals surface area contributed by atoms with Gasteiger partial charge in [-0.1, -0.05) is 51.1 Å². The second-order valence-corrected chi connectivity index (χ2v) is 13.4. The maximum atomic E-state index is 13.0. The number of esters is 1. The molecule has 1 aliphatic carbocycles. The molecule has 230 valence electrons. The zero-order valence-corrected chi connectivity index (χ0v) is 26.9. The first kappa shape index (κ1) is 32.4. The van der Waals surface area contributed by atoms with Crippen LogP contribution in [0.25, 0.3) is 0 Å². The molecular formula is C35H43ClN2O5. The Morgan fingerprint density at radius 3 is 2.35 bits per heavy atom. The first-order valence-electron chi connectivity index (χ1n) is 15.1. The number of nitrogens with one attached hydrogen (secondary N) is 1. The maximum absolute atomic E-state index is 13.0. The van der Waals surface area contributed by atoms with Crippen molar-refractivity contribution in [1.29, 1.82) is 5.26 Å². The number of benzene rings is 2. The Kier molecular flexibility index (Phi) is 10.8. The van der Waals surface area contributed by atoms with E-state index in [1.165, 1.54) is 0 Å². The van der Waals surface area contributed by atoms with Crippen molar-refractivity contribution in [3.63, 3.8) is 0 Å². The lowest BCUT2D eigenvalue weighted by molar-refractivity contribution is -0.195. The molecule has 8 heteroatoms. The number of hydrogen-bond acceptors (Lipinski definition) is 6. The second-order valence-electron chi connectivity index (χ2n) is 13.0. The highest BCUT2D eigenvalue weighted by Crippen LogP contribution is 2.60. The Labute approximate surface area is 262 Å². The van der Waals surface area contributed by atoms with Gasteiger partial charge in [-0.15, -0.1) is 0 Å². The van der Waals surface area contributed by atoms with Gasteiger partial charge < -0.3 is 19.5 Å². The first-order valence-corrected chi connectivity index (χ1v) is 14.9. The Hall–Kier alpha value is -3.52. The van der Waals surface area contributed by atoms with Crippen LogP contribution in [0.2, 0.25) is 5.02 Å². The van der Waals surface area contributed by atoms with E-state index in [0.717, 1.165) is 18.4 Å². The summed E-state index contributed by atoms with van der Waals surface area (Å²) in [5.41, 5.74) is 0.312. The fourth-order valence-corrected chi connectivity index (χ4v) is 5.95. The molecule has 7 nitrogen and oxygen atoms in total. The molecule has 0 heterocycles. The van der Waals surface area contributed by atoms with E-state index in [0.29, 0.717) is 34.9 Å². The SMILES string of the molecule is [2H]C(NC(=O)c1ccc(C#CCCCCOCC(=O)OC(C)(C)C)cc1)C1C(C)(C)C(Oc2ccc(C#N)c(Cl)c2)C1(C)C. The molecule has 43 heavy (non-hydrogen) atoms. The molecule has 2 aromatic carbocycles. The standard InChI is InChI=1S/C35H43ClN2O5/c1-33(2,3)43-30(39)23-41-19-11-9-8-10-12-24-13-15-25(16-14-24)31(40)38-22-29-34(4,5)32(35(29,6)7)42-27-18-17-26(21-37)28(36)20-27/h13-18,20,29,32H,8-9,11,19,22-23H2,1-7H3,(H,38,40)/i22D. The average Bonchev–Trinajstić information content (AvgIpc) is 2.92. The van der Waals surface area contributed by atoms with E-state index in [1.54, 1.807) is 42.5 Å². The van der Waals surface area contributed by atoms with Gasteiger partial charge in [0.2, 0.25) is 0 Å². The number of nitriles is 1. The molecule has 1 N–H and O–H groups in total. The highest BCUT2D eigenvalue weighted by Gasteiger charge is 2.63. The summed E-state index contributed by atoms with van der Waals surface area (Å²) in [6, 6.07) is 14.1. The minimum atomic E-state index is -0.843. The molecule has 1 fully saturated rings. The summed E-state index contributed by atoms with van der Waals surface area (Å²) in [7, 11) is 0. The fourth-order valence-electron chi connectivity index (χ4n) is 5.73. The van der Waals surface area contributed by atoms with Gasteiger partial charge >= 0.3 is 5.97 Å². The number of halogens is 1. The van der Waals surface area contributed by atoms with Crippen molar-refractivity contribution in [2.75, 3.05) is 19.7 Å². The van der Waals surface area contributed by atoms with E-state index in [1.807, 2.05) is 54.5 Å². The van der Waals surface area contributed by atoms with Gasteiger partial charge in [0.25, 0.3) is 5.91 Å².